The number of carbonyl (C=O) groups excluding carboxylic acids is 2. The molecule has 0 spiro atoms. The second-order valence-electron chi connectivity index (χ2n) is 8.38. The topological polar surface area (TPSA) is 68.7 Å². The Bertz CT molecular complexity index is 1010. The summed E-state index contributed by atoms with van der Waals surface area (Å²) in [5, 5.41) is 0. The van der Waals surface area contributed by atoms with E-state index in [-0.39, 0.29) is 11.7 Å². The van der Waals surface area contributed by atoms with Gasteiger partial charge >= 0.3 is 0 Å². The number of rotatable bonds is 6. The Morgan fingerprint density at radius 2 is 2.07 bits per heavy atom. The van der Waals surface area contributed by atoms with Gasteiger partial charge in [0, 0.05) is 36.7 Å². The Hall–Kier alpha value is -2.96. The lowest BCUT2D eigenvalue weighted by molar-refractivity contribution is -0.122. The average molecular weight is 410 g/mol. The summed E-state index contributed by atoms with van der Waals surface area (Å²) in [5.74, 6) is 1.62. The third kappa shape index (κ3) is 3.53. The van der Waals surface area contributed by atoms with Crippen LogP contribution in [-0.4, -0.2) is 35.9 Å². The van der Waals surface area contributed by atoms with Crippen molar-refractivity contribution >= 4 is 17.4 Å². The predicted molar refractivity (Wildman–Crippen MR) is 107 cm³/mol. The molecular weight excluding hydrogens is 387 g/mol. The van der Waals surface area contributed by atoms with E-state index in [1.807, 2.05) is 0 Å². The average Bonchev–Trinajstić information content (AvgIpc) is 3.13. The molecule has 7 heteroatoms. The number of fused-ring (bicyclic) bond motifs is 1. The maximum atomic E-state index is 14.4. The van der Waals surface area contributed by atoms with Gasteiger partial charge in [0.1, 0.15) is 11.6 Å². The van der Waals surface area contributed by atoms with E-state index in [1.54, 1.807) is 24.4 Å². The van der Waals surface area contributed by atoms with Crippen molar-refractivity contribution in [3.63, 3.8) is 0 Å². The number of benzene rings is 1. The van der Waals surface area contributed by atoms with Crippen molar-refractivity contribution in [2.45, 2.75) is 38.7 Å². The molecule has 5 rings (SSSR count). The molecule has 1 aliphatic heterocycles. The third-order valence-electron chi connectivity index (χ3n) is 6.26. The van der Waals surface area contributed by atoms with E-state index in [9.17, 15) is 14.0 Å². The van der Waals surface area contributed by atoms with Gasteiger partial charge in [-0.1, -0.05) is 6.92 Å². The molecule has 2 fully saturated rings. The molecule has 30 heavy (non-hydrogen) atoms. The maximum Gasteiger partial charge on any atom is 0.268 e. The van der Waals surface area contributed by atoms with Crippen LogP contribution in [0.15, 0.2) is 30.5 Å². The molecule has 156 valence electrons. The van der Waals surface area contributed by atoms with E-state index in [2.05, 4.69) is 11.9 Å². The summed E-state index contributed by atoms with van der Waals surface area (Å²) in [6.45, 7) is 3.28. The van der Waals surface area contributed by atoms with Crippen molar-refractivity contribution in [3.05, 3.63) is 47.4 Å². The van der Waals surface area contributed by atoms with Crippen LogP contribution in [0.25, 0.3) is 0 Å². The molecule has 3 atom stereocenters. The minimum absolute atomic E-state index is 0.0743. The van der Waals surface area contributed by atoms with Crippen LogP contribution in [0.3, 0.4) is 0 Å². The Balaban J connectivity index is 1.24. The van der Waals surface area contributed by atoms with Gasteiger partial charge in [-0.05, 0) is 48.4 Å². The molecule has 0 N–H and O–H groups in total. The fraction of sp³-hybridized carbons (Fsp3) is 0.435. The van der Waals surface area contributed by atoms with Gasteiger partial charge in [0.15, 0.2) is 11.9 Å². The van der Waals surface area contributed by atoms with Gasteiger partial charge in [0.25, 0.3) is 5.91 Å². The van der Waals surface area contributed by atoms with E-state index < -0.39 is 11.9 Å². The number of aromatic nitrogens is 1. The Morgan fingerprint density at radius 1 is 1.23 bits per heavy atom. The van der Waals surface area contributed by atoms with Crippen molar-refractivity contribution in [1.29, 1.82) is 0 Å². The molecular formula is C23H23FN2O4. The van der Waals surface area contributed by atoms with Crippen LogP contribution < -0.4 is 14.4 Å². The van der Waals surface area contributed by atoms with Crippen molar-refractivity contribution in [2.75, 3.05) is 18.1 Å². The zero-order chi connectivity index (χ0) is 20.8. The highest BCUT2D eigenvalue weighted by Gasteiger charge is 2.36. The summed E-state index contributed by atoms with van der Waals surface area (Å²) in [7, 11) is 0. The first kappa shape index (κ1) is 19.0. The number of ketones is 1. The highest BCUT2D eigenvalue weighted by molar-refractivity contribution is 6.04. The zero-order valence-electron chi connectivity index (χ0n) is 16.8. The summed E-state index contributed by atoms with van der Waals surface area (Å²) >= 11 is 0. The molecule has 2 aliphatic carbocycles. The summed E-state index contributed by atoms with van der Waals surface area (Å²) in [5.41, 5.74) is 1.25. The molecule has 0 radical (unpaired) electrons. The highest BCUT2D eigenvalue weighted by Crippen LogP contribution is 2.38. The normalized spacial score (nSPS) is 24.9. The molecule has 1 saturated heterocycles. The van der Waals surface area contributed by atoms with Crippen LogP contribution in [0.1, 0.15) is 42.1 Å². The van der Waals surface area contributed by atoms with Crippen LogP contribution in [-0.2, 0) is 11.2 Å². The summed E-state index contributed by atoms with van der Waals surface area (Å²) in [6.07, 6.45) is 3.30. The summed E-state index contributed by atoms with van der Waals surface area (Å²) < 4.78 is 25.9. The fourth-order valence-electron chi connectivity index (χ4n) is 4.18. The lowest BCUT2D eigenvalue weighted by Crippen LogP contribution is -2.32. The molecule has 3 aliphatic rings. The third-order valence-corrected chi connectivity index (χ3v) is 6.26. The number of ether oxygens (including phenoxy) is 2. The number of pyridine rings is 1. The minimum atomic E-state index is -0.669. The fourth-order valence-corrected chi connectivity index (χ4v) is 4.18. The number of amides is 1. The maximum absolute atomic E-state index is 14.4. The standard InChI is InChI=1S/C23H23FN2O4/c1-13-8-14(13)12-29-22-5-2-16(11-25-22)30-21-6-7-26(23(21)28)15-9-18-17(19(24)10-15)3-4-20(18)27/h2,5,9-11,13-14,21H,3-4,6-8,12H2,1H3. The Morgan fingerprint density at radius 3 is 2.80 bits per heavy atom. The quantitative estimate of drug-likeness (QED) is 0.728. The van der Waals surface area contributed by atoms with E-state index in [0.717, 1.165) is 5.92 Å². The zero-order valence-corrected chi connectivity index (χ0v) is 16.8. The number of hydrogen-bond donors (Lipinski definition) is 0. The lowest BCUT2D eigenvalue weighted by atomic mass is 10.1. The van der Waals surface area contributed by atoms with Crippen LogP contribution in [0.4, 0.5) is 10.1 Å². The molecule has 3 unspecified atom stereocenters. The number of carbonyl (C=O) groups is 2. The van der Waals surface area contributed by atoms with E-state index in [0.29, 0.717) is 66.8 Å². The smallest absolute Gasteiger partial charge is 0.268 e. The van der Waals surface area contributed by atoms with Crippen molar-refractivity contribution in [2.24, 2.45) is 11.8 Å². The van der Waals surface area contributed by atoms with E-state index in [1.165, 1.54) is 17.4 Å². The second-order valence-corrected chi connectivity index (χ2v) is 8.38. The van der Waals surface area contributed by atoms with Gasteiger partial charge < -0.3 is 14.4 Å². The monoisotopic (exact) mass is 410 g/mol. The lowest BCUT2D eigenvalue weighted by Gasteiger charge is -2.18. The number of Topliss-reactive ketones (excluding diaryl/α,β-unsaturated/α-hetero) is 1. The van der Waals surface area contributed by atoms with Crippen LogP contribution in [0, 0.1) is 17.7 Å². The molecule has 2 aromatic rings. The van der Waals surface area contributed by atoms with Gasteiger partial charge in [-0.3, -0.25) is 9.59 Å². The van der Waals surface area contributed by atoms with Gasteiger partial charge in [-0.2, -0.15) is 0 Å². The molecule has 0 bridgehead atoms. The molecule has 6 nitrogen and oxygen atoms in total. The number of hydrogen-bond acceptors (Lipinski definition) is 5. The molecule has 1 aromatic carbocycles. The first-order valence-electron chi connectivity index (χ1n) is 10.4. The first-order chi connectivity index (χ1) is 14.5. The highest BCUT2D eigenvalue weighted by atomic mass is 19.1. The van der Waals surface area contributed by atoms with Gasteiger partial charge in [0.2, 0.25) is 5.88 Å². The number of nitrogens with zero attached hydrogens (tertiary/aromatic N) is 2. The van der Waals surface area contributed by atoms with Gasteiger partial charge in [-0.15, -0.1) is 0 Å². The van der Waals surface area contributed by atoms with Crippen LogP contribution in [0.2, 0.25) is 0 Å². The predicted octanol–water partition coefficient (Wildman–Crippen LogP) is 3.57. The molecule has 1 aromatic heterocycles. The molecule has 1 amide bonds. The molecule has 2 heterocycles. The SMILES string of the molecule is CC1CC1COc1ccc(OC2CCN(c3cc(F)c4c(c3)C(=O)CC4)C2=O)cn1. The van der Waals surface area contributed by atoms with Crippen molar-refractivity contribution in [3.8, 4) is 11.6 Å². The number of halogens is 1. The van der Waals surface area contributed by atoms with Crippen LogP contribution in [0.5, 0.6) is 11.6 Å². The Kier molecular flexibility index (Phi) is 4.68. The largest absolute Gasteiger partial charge is 0.479 e. The second kappa shape index (κ2) is 7.38. The van der Waals surface area contributed by atoms with E-state index >= 15 is 0 Å². The minimum Gasteiger partial charge on any atom is -0.479 e. The summed E-state index contributed by atoms with van der Waals surface area (Å²) in [6, 6.07) is 6.44. The number of anilines is 1. The molecule has 1 saturated carbocycles. The van der Waals surface area contributed by atoms with Gasteiger partial charge in [0.05, 0.1) is 12.8 Å². The van der Waals surface area contributed by atoms with Gasteiger partial charge in [-0.25, -0.2) is 9.37 Å². The van der Waals surface area contributed by atoms with Crippen molar-refractivity contribution < 1.29 is 23.5 Å². The Labute approximate surface area is 174 Å². The van der Waals surface area contributed by atoms with Crippen LogP contribution >= 0.6 is 0 Å². The first-order valence-corrected chi connectivity index (χ1v) is 10.4. The van der Waals surface area contributed by atoms with E-state index in [4.69, 9.17) is 9.47 Å². The summed E-state index contributed by atoms with van der Waals surface area (Å²) in [4.78, 5) is 30.6. The van der Waals surface area contributed by atoms with Crippen molar-refractivity contribution in [1.82, 2.24) is 4.98 Å².